The van der Waals surface area contributed by atoms with Crippen LogP contribution in [0.5, 0.6) is 0 Å². The zero-order chi connectivity index (χ0) is 16.0. The summed E-state index contributed by atoms with van der Waals surface area (Å²) in [6.07, 6.45) is 8.54. The van der Waals surface area contributed by atoms with Gasteiger partial charge in [-0.05, 0) is 76.2 Å². The van der Waals surface area contributed by atoms with Crippen molar-refractivity contribution in [2.45, 2.75) is 71.4 Å². The van der Waals surface area contributed by atoms with E-state index in [0.717, 1.165) is 49.9 Å². The average Bonchev–Trinajstić information content (AvgIpc) is 3.42. The van der Waals surface area contributed by atoms with Crippen LogP contribution >= 0.6 is 0 Å². The number of aromatic nitrogens is 2. The predicted octanol–water partition coefficient (Wildman–Crippen LogP) is 3.32. The van der Waals surface area contributed by atoms with Crippen LogP contribution in [-0.4, -0.2) is 33.2 Å². The molecule has 1 unspecified atom stereocenters. The highest BCUT2D eigenvalue weighted by Gasteiger charge is 2.43. The highest BCUT2D eigenvalue weighted by atomic mass is 16.2. The Bertz CT molecular complexity index is 573. The van der Waals surface area contributed by atoms with Gasteiger partial charge in [0.2, 0.25) is 5.91 Å². The van der Waals surface area contributed by atoms with Crippen molar-refractivity contribution < 1.29 is 4.79 Å². The van der Waals surface area contributed by atoms with Crippen LogP contribution in [0.1, 0.15) is 56.3 Å². The van der Waals surface area contributed by atoms with E-state index in [1.807, 2.05) is 6.92 Å². The first kappa shape index (κ1) is 15.2. The van der Waals surface area contributed by atoms with Gasteiger partial charge < -0.3 is 4.90 Å². The number of likely N-dealkylation sites (tertiary alicyclic amines) is 1. The van der Waals surface area contributed by atoms with Crippen LogP contribution in [0, 0.1) is 31.6 Å². The lowest BCUT2D eigenvalue weighted by atomic mass is 9.93. The molecule has 0 spiro atoms. The van der Waals surface area contributed by atoms with Gasteiger partial charge in [-0.15, -0.1) is 0 Å². The maximum Gasteiger partial charge on any atom is 0.223 e. The fraction of sp³-hybridized carbons (Fsp3) is 0.789. The van der Waals surface area contributed by atoms with Gasteiger partial charge >= 0.3 is 0 Å². The van der Waals surface area contributed by atoms with Crippen LogP contribution in [0.4, 0.5) is 0 Å². The number of aryl methyl sites for hydroxylation is 2. The number of rotatable bonds is 6. The Kier molecular flexibility index (Phi) is 3.94. The van der Waals surface area contributed by atoms with Crippen molar-refractivity contribution in [1.29, 1.82) is 0 Å². The Morgan fingerprint density at radius 2 is 1.91 bits per heavy atom. The quantitative estimate of drug-likeness (QED) is 0.807. The minimum absolute atomic E-state index is 0.347. The Morgan fingerprint density at radius 1 is 1.22 bits per heavy atom. The molecule has 2 aliphatic carbocycles. The van der Waals surface area contributed by atoms with Crippen molar-refractivity contribution in [2.24, 2.45) is 17.8 Å². The number of carbonyl (C=O) groups is 1. The smallest absolute Gasteiger partial charge is 0.223 e. The number of nitrogens with zero attached hydrogens (tertiary/aromatic N) is 3. The van der Waals surface area contributed by atoms with Gasteiger partial charge in [-0.3, -0.25) is 9.48 Å². The lowest BCUT2D eigenvalue weighted by Gasteiger charge is -2.27. The van der Waals surface area contributed by atoms with Gasteiger partial charge in [-0.2, -0.15) is 5.10 Å². The van der Waals surface area contributed by atoms with Gasteiger partial charge in [-0.1, -0.05) is 0 Å². The Hall–Kier alpha value is -1.32. The van der Waals surface area contributed by atoms with Gasteiger partial charge in [0, 0.05) is 18.7 Å². The van der Waals surface area contributed by atoms with Gasteiger partial charge in [0.05, 0.1) is 18.3 Å². The summed E-state index contributed by atoms with van der Waals surface area (Å²) in [5.74, 6) is 2.84. The van der Waals surface area contributed by atoms with E-state index >= 15 is 0 Å². The minimum Gasteiger partial charge on any atom is -0.338 e. The van der Waals surface area contributed by atoms with Crippen LogP contribution in [0.25, 0.3) is 0 Å². The predicted molar refractivity (Wildman–Crippen MR) is 90.0 cm³/mol. The highest BCUT2D eigenvalue weighted by Crippen LogP contribution is 2.51. The molecule has 0 aromatic carbocycles. The molecule has 3 aliphatic rings. The molecule has 4 heteroatoms. The van der Waals surface area contributed by atoms with Crippen molar-refractivity contribution in [3.8, 4) is 0 Å². The monoisotopic (exact) mass is 315 g/mol. The molecule has 2 heterocycles. The van der Waals surface area contributed by atoms with E-state index in [-0.39, 0.29) is 0 Å². The Labute approximate surface area is 139 Å². The second-order valence-electron chi connectivity index (χ2n) is 8.04. The molecule has 4 nitrogen and oxygen atoms in total. The van der Waals surface area contributed by atoms with Crippen molar-refractivity contribution in [3.63, 3.8) is 0 Å². The molecule has 4 rings (SSSR count). The Balaban J connectivity index is 1.40. The van der Waals surface area contributed by atoms with E-state index < -0.39 is 0 Å². The third-order valence-corrected chi connectivity index (χ3v) is 6.05. The molecule has 0 bridgehead atoms. The first-order valence-corrected chi connectivity index (χ1v) is 9.42. The van der Waals surface area contributed by atoms with Crippen molar-refractivity contribution in [3.05, 3.63) is 17.5 Å². The summed E-state index contributed by atoms with van der Waals surface area (Å²) >= 11 is 0. The summed E-state index contributed by atoms with van der Waals surface area (Å²) in [4.78, 5) is 15.1. The molecule has 2 saturated carbocycles. The highest BCUT2D eigenvalue weighted by molar-refractivity contribution is 5.77. The fourth-order valence-corrected chi connectivity index (χ4v) is 4.50. The fourth-order valence-electron chi connectivity index (χ4n) is 4.50. The molecule has 3 fully saturated rings. The molecule has 1 aliphatic heterocycles. The van der Waals surface area contributed by atoms with E-state index in [0.29, 0.717) is 17.9 Å². The van der Waals surface area contributed by atoms with E-state index in [1.54, 1.807) is 0 Å². The normalized spacial score (nSPS) is 24.7. The molecule has 1 atom stereocenters. The van der Waals surface area contributed by atoms with Crippen molar-refractivity contribution >= 4 is 5.91 Å². The van der Waals surface area contributed by atoms with Gasteiger partial charge in [0.1, 0.15) is 0 Å². The van der Waals surface area contributed by atoms with Gasteiger partial charge in [0.25, 0.3) is 0 Å². The maximum atomic E-state index is 12.9. The van der Waals surface area contributed by atoms with E-state index in [4.69, 9.17) is 0 Å². The standard InChI is InChI=1S/C19H29N3O/c1-13-10-14(2)22(20-13)12-17-4-3-9-21(17)19(23)11-18(15-5-6-15)16-7-8-16/h10,15-18H,3-9,11-12H2,1-2H3. The zero-order valence-electron chi connectivity index (χ0n) is 14.5. The number of carbonyl (C=O) groups excluding carboxylic acids is 1. The number of hydrogen-bond acceptors (Lipinski definition) is 2. The minimum atomic E-state index is 0.347. The largest absolute Gasteiger partial charge is 0.338 e. The average molecular weight is 315 g/mol. The molecule has 0 N–H and O–H groups in total. The maximum absolute atomic E-state index is 12.9. The zero-order valence-corrected chi connectivity index (χ0v) is 14.5. The topological polar surface area (TPSA) is 38.1 Å². The van der Waals surface area contributed by atoms with Crippen molar-refractivity contribution in [1.82, 2.24) is 14.7 Å². The first-order valence-electron chi connectivity index (χ1n) is 9.42. The summed E-state index contributed by atoms with van der Waals surface area (Å²) < 4.78 is 2.09. The molecule has 0 radical (unpaired) electrons. The van der Waals surface area contributed by atoms with Crippen molar-refractivity contribution in [2.75, 3.05) is 6.54 Å². The van der Waals surface area contributed by atoms with Crippen LogP contribution in [0.3, 0.4) is 0 Å². The molecule has 1 saturated heterocycles. The third-order valence-electron chi connectivity index (χ3n) is 6.05. The molecule has 1 aromatic rings. The summed E-state index contributed by atoms with van der Waals surface area (Å²) in [6, 6.07) is 2.47. The van der Waals surface area contributed by atoms with Crippen LogP contribution in [0.15, 0.2) is 6.07 Å². The summed E-state index contributed by atoms with van der Waals surface area (Å²) in [5, 5.41) is 4.58. The number of hydrogen-bond donors (Lipinski definition) is 0. The lowest BCUT2D eigenvalue weighted by molar-refractivity contribution is -0.133. The van der Waals surface area contributed by atoms with Gasteiger partial charge in [0.15, 0.2) is 0 Å². The summed E-state index contributed by atoms with van der Waals surface area (Å²) in [5.41, 5.74) is 2.27. The molecular formula is C19H29N3O. The molecule has 23 heavy (non-hydrogen) atoms. The van der Waals surface area contributed by atoms with E-state index in [1.165, 1.54) is 31.4 Å². The lowest BCUT2D eigenvalue weighted by Crippen LogP contribution is -2.39. The van der Waals surface area contributed by atoms with Crippen LogP contribution in [0.2, 0.25) is 0 Å². The molecule has 126 valence electrons. The number of amides is 1. The Morgan fingerprint density at radius 3 is 2.48 bits per heavy atom. The van der Waals surface area contributed by atoms with Gasteiger partial charge in [-0.25, -0.2) is 0 Å². The van der Waals surface area contributed by atoms with Crippen LogP contribution in [-0.2, 0) is 11.3 Å². The summed E-state index contributed by atoms with van der Waals surface area (Å²) in [7, 11) is 0. The molecule has 1 amide bonds. The second kappa shape index (κ2) is 5.95. The second-order valence-corrected chi connectivity index (χ2v) is 8.04. The van der Waals surface area contributed by atoms with Crippen LogP contribution < -0.4 is 0 Å². The third kappa shape index (κ3) is 3.31. The first-order chi connectivity index (χ1) is 11.1. The van der Waals surface area contributed by atoms with E-state index in [2.05, 4.69) is 27.7 Å². The SMILES string of the molecule is Cc1cc(C)n(CC2CCCN2C(=O)CC(C2CC2)C2CC2)n1. The molecule has 1 aromatic heterocycles. The summed E-state index contributed by atoms with van der Waals surface area (Å²) in [6.45, 7) is 5.96. The molecular weight excluding hydrogens is 286 g/mol. The van der Waals surface area contributed by atoms with E-state index in [9.17, 15) is 4.79 Å².